The van der Waals surface area contributed by atoms with Crippen LogP contribution in [0.3, 0.4) is 0 Å². The molecule has 3 aromatic rings. The number of aromatic nitrogens is 4. The molecular formula is C33H46Cl2N8O3S. The van der Waals surface area contributed by atoms with Crippen molar-refractivity contribution in [2.24, 2.45) is 11.8 Å². The van der Waals surface area contributed by atoms with Crippen LogP contribution in [0.1, 0.15) is 66.4 Å². The van der Waals surface area contributed by atoms with Crippen LogP contribution in [-0.4, -0.2) is 114 Å². The molecule has 0 amide bonds. The lowest BCUT2D eigenvalue weighted by atomic mass is 9.83. The maximum atomic E-state index is 13.1. The SMILES string of the molecule is CCOC(=O)c1sc(N2CC[C@@H](CC(=O)c3[nH]c(C)c(Cl)c3Cl)[C@@H](C)C2)nc1-c1cnc(N2CCN(CCN(CC)CC)CC2)cn1. The summed E-state index contributed by atoms with van der Waals surface area (Å²) in [5, 5.41) is 1.43. The van der Waals surface area contributed by atoms with Gasteiger partial charge in [-0.1, -0.05) is 55.3 Å². The van der Waals surface area contributed by atoms with Crippen molar-refractivity contribution in [2.75, 3.05) is 81.9 Å². The Balaban J connectivity index is 1.24. The zero-order valence-corrected chi connectivity index (χ0v) is 30.3. The monoisotopic (exact) mass is 704 g/mol. The maximum absolute atomic E-state index is 13.1. The highest BCUT2D eigenvalue weighted by Gasteiger charge is 2.32. The number of aromatic amines is 1. The number of hydrogen-bond donors (Lipinski definition) is 1. The number of H-pyrrole nitrogens is 1. The number of Topliss-reactive ketones (excluding diaryl/α,β-unsaturated/α-hetero) is 1. The minimum Gasteiger partial charge on any atom is -0.462 e. The number of piperidine rings is 1. The van der Waals surface area contributed by atoms with E-state index >= 15 is 0 Å². The van der Waals surface area contributed by atoms with Crippen LogP contribution in [0.25, 0.3) is 11.4 Å². The van der Waals surface area contributed by atoms with Gasteiger partial charge in [0.2, 0.25) is 0 Å². The van der Waals surface area contributed by atoms with Gasteiger partial charge in [-0.05, 0) is 45.2 Å². The molecule has 2 aliphatic heterocycles. The Morgan fingerprint density at radius 3 is 2.38 bits per heavy atom. The molecule has 0 bridgehead atoms. The topological polar surface area (TPSA) is 111 Å². The van der Waals surface area contributed by atoms with Gasteiger partial charge in [0.1, 0.15) is 27.8 Å². The lowest BCUT2D eigenvalue weighted by Gasteiger charge is -2.36. The van der Waals surface area contributed by atoms with Crippen molar-refractivity contribution in [3.63, 3.8) is 0 Å². The number of ether oxygens (including phenoxy) is 1. The third kappa shape index (κ3) is 8.28. The minimum absolute atomic E-state index is 0.0318. The largest absolute Gasteiger partial charge is 0.462 e. The van der Waals surface area contributed by atoms with Crippen molar-refractivity contribution in [3.05, 3.63) is 38.7 Å². The fraction of sp³-hybridized carbons (Fsp3) is 0.606. The fourth-order valence-electron chi connectivity index (χ4n) is 6.36. The van der Waals surface area contributed by atoms with Crippen LogP contribution < -0.4 is 9.80 Å². The number of halogens is 2. The molecule has 0 saturated carbocycles. The van der Waals surface area contributed by atoms with E-state index < -0.39 is 5.97 Å². The molecule has 11 nitrogen and oxygen atoms in total. The van der Waals surface area contributed by atoms with E-state index in [0.29, 0.717) is 57.2 Å². The van der Waals surface area contributed by atoms with E-state index in [1.807, 2.05) is 0 Å². The van der Waals surface area contributed by atoms with Gasteiger partial charge in [0, 0.05) is 64.5 Å². The number of likely N-dealkylation sites (N-methyl/N-ethyl adjacent to an activating group) is 1. The summed E-state index contributed by atoms with van der Waals surface area (Å²) in [7, 11) is 0. The molecule has 47 heavy (non-hydrogen) atoms. The Hall–Kier alpha value is -2.77. The van der Waals surface area contributed by atoms with Gasteiger partial charge in [0.25, 0.3) is 0 Å². The number of carbonyl (C=O) groups excluding carboxylic acids is 2. The lowest BCUT2D eigenvalue weighted by molar-refractivity contribution is 0.0532. The van der Waals surface area contributed by atoms with Crippen molar-refractivity contribution in [3.8, 4) is 11.4 Å². The van der Waals surface area contributed by atoms with Crippen LogP contribution in [0, 0.1) is 18.8 Å². The van der Waals surface area contributed by atoms with Crippen molar-refractivity contribution in [2.45, 2.75) is 47.5 Å². The number of ketones is 1. The highest BCUT2D eigenvalue weighted by Crippen LogP contribution is 2.38. The first-order valence-electron chi connectivity index (χ1n) is 16.6. The molecule has 0 radical (unpaired) electrons. The molecule has 1 N–H and O–H groups in total. The van der Waals surface area contributed by atoms with Crippen LogP contribution in [0.5, 0.6) is 0 Å². The van der Waals surface area contributed by atoms with Gasteiger partial charge < -0.3 is 24.4 Å². The van der Waals surface area contributed by atoms with E-state index in [9.17, 15) is 9.59 Å². The third-order valence-corrected chi connectivity index (χ3v) is 11.5. The molecule has 0 unspecified atom stereocenters. The number of aryl methyl sites for hydroxylation is 1. The Morgan fingerprint density at radius 2 is 1.79 bits per heavy atom. The number of thiazole rings is 1. The molecule has 2 aliphatic rings. The van der Waals surface area contributed by atoms with E-state index in [1.54, 1.807) is 26.2 Å². The van der Waals surface area contributed by atoms with Crippen molar-refractivity contribution >= 4 is 57.2 Å². The molecular weight excluding hydrogens is 659 g/mol. The number of nitrogens with zero attached hydrogens (tertiary/aromatic N) is 7. The molecule has 256 valence electrons. The number of piperazine rings is 1. The predicted molar refractivity (Wildman–Crippen MR) is 190 cm³/mol. The number of anilines is 2. The molecule has 0 spiro atoms. The Bertz CT molecular complexity index is 1520. The van der Waals surface area contributed by atoms with Crippen LogP contribution in [0.15, 0.2) is 12.4 Å². The minimum atomic E-state index is -0.414. The molecule has 0 aromatic carbocycles. The molecule has 5 rings (SSSR count). The number of esters is 1. The average molecular weight is 706 g/mol. The summed E-state index contributed by atoms with van der Waals surface area (Å²) in [6, 6.07) is 0. The molecule has 0 aliphatic carbocycles. The second-order valence-electron chi connectivity index (χ2n) is 12.4. The first-order valence-corrected chi connectivity index (χ1v) is 18.2. The maximum Gasteiger partial charge on any atom is 0.350 e. The highest BCUT2D eigenvalue weighted by atomic mass is 35.5. The van der Waals surface area contributed by atoms with Gasteiger partial charge in [0.15, 0.2) is 10.9 Å². The number of hydrogen-bond acceptors (Lipinski definition) is 11. The summed E-state index contributed by atoms with van der Waals surface area (Å²) in [6.45, 7) is 19.9. The Labute approximate surface area is 291 Å². The van der Waals surface area contributed by atoms with Crippen LogP contribution in [0.4, 0.5) is 10.9 Å². The Kier molecular flexibility index (Phi) is 12.2. The second kappa shape index (κ2) is 16.1. The zero-order valence-electron chi connectivity index (χ0n) is 28.0. The van der Waals surface area contributed by atoms with Crippen molar-refractivity contribution in [1.29, 1.82) is 0 Å². The molecule has 3 aromatic heterocycles. The van der Waals surface area contributed by atoms with Crippen LogP contribution in [0.2, 0.25) is 10.0 Å². The predicted octanol–water partition coefficient (Wildman–Crippen LogP) is 5.92. The summed E-state index contributed by atoms with van der Waals surface area (Å²) in [5.74, 6) is 0.782. The summed E-state index contributed by atoms with van der Waals surface area (Å²) in [4.78, 5) is 53.4. The van der Waals surface area contributed by atoms with E-state index in [4.69, 9.17) is 42.9 Å². The van der Waals surface area contributed by atoms with E-state index in [0.717, 1.165) is 69.7 Å². The van der Waals surface area contributed by atoms with Gasteiger partial charge in [-0.15, -0.1) is 0 Å². The van der Waals surface area contributed by atoms with E-state index in [-0.39, 0.29) is 24.2 Å². The van der Waals surface area contributed by atoms with Gasteiger partial charge in [-0.3, -0.25) is 9.69 Å². The summed E-state index contributed by atoms with van der Waals surface area (Å²) < 4.78 is 5.40. The van der Waals surface area contributed by atoms with Gasteiger partial charge >= 0.3 is 5.97 Å². The smallest absolute Gasteiger partial charge is 0.350 e. The van der Waals surface area contributed by atoms with E-state index in [1.165, 1.54) is 11.3 Å². The summed E-state index contributed by atoms with van der Waals surface area (Å²) >= 11 is 13.8. The Morgan fingerprint density at radius 1 is 1.04 bits per heavy atom. The molecule has 5 heterocycles. The first-order chi connectivity index (χ1) is 22.6. The van der Waals surface area contributed by atoms with Crippen LogP contribution in [-0.2, 0) is 4.74 Å². The van der Waals surface area contributed by atoms with Gasteiger partial charge in [-0.2, -0.15) is 0 Å². The van der Waals surface area contributed by atoms with Gasteiger partial charge in [-0.25, -0.2) is 19.7 Å². The lowest BCUT2D eigenvalue weighted by Crippen LogP contribution is -2.48. The van der Waals surface area contributed by atoms with Crippen molar-refractivity contribution in [1.82, 2.24) is 29.7 Å². The number of carbonyl (C=O) groups is 2. The van der Waals surface area contributed by atoms with E-state index in [2.05, 4.69) is 45.4 Å². The van der Waals surface area contributed by atoms with Gasteiger partial charge in [0.05, 0.1) is 29.0 Å². The van der Waals surface area contributed by atoms with Crippen molar-refractivity contribution < 1.29 is 14.3 Å². The summed E-state index contributed by atoms with van der Waals surface area (Å²) in [5.41, 5.74) is 2.11. The average Bonchev–Trinajstić information content (AvgIpc) is 3.64. The van der Waals surface area contributed by atoms with Crippen LogP contribution >= 0.6 is 34.5 Å². The number of rotatable bonds is 13. The molecule has 14 heteroatoms. The molecule has 2 atom stereocenters. The molecule has 2 saturated heterocycles. The normalized spacial score (nSPS) is 19.1. The highest BCUT2D eigenvalue weighted by molar-refractivity contribution is 7.17. The zero-order chi connectivity index (χ0) is 33.7. The standard InChI is InChI=1S/C33H46Cl2N8O3S/c1-6-40(7-2)11-12-41-13-15-42(16-14-41)26-19-36-24(18-37-26)29-31(32(45)46-8-3)47-33(39-29)43-10-9-23(21(4)20-43)17-25(44)30-28(35)27(34)22(5)38-30/h18-19,21,23,38H,6-17,20H2,1-5H3/t21-,23-/m0/s1. The molecule has 2 fully saturated rings. The third-order valence-electron chi connectivity index (χ3n) is 9.41. The first kappa shape index (κ1) is 35.5. The second-order valence-corrected chi connectivity index (χ2v) is 14.1. The quantitative estimate of drug-likeness (QED) is 0.170. The fourth-order valence-corrected chi connectivity index (χ4v) is 7.80. The number of nitrogens with one attached hydrogen (secondary N) is 1. The summed E-state index contributed by atoms with van der Waals surface area (Å²) in [6.07, 6.45) is 4.68.